The molecule has 1 aromatic carbocycles. The van der Waals surface area contributed by atoms with Gasteiger partial charge in [-0.2, -0.15) is 0 Å². The van der Waals surface area contributed by atoms with E-state index in [4.69, 9.17) is 4.74 Å². The average Bonchev–Trinajstić information content (AvgIpc) is 2.96. The fraction of sp³-hybridized carbons (Fsp3) is 0.333. The molecule has 2 rings (SSSR count). The summed E-state index contributed by atoms with van der Waals surface area (Å²) in [6.45, 7) is 3.36. The second kappa shape index (κ2) is 6.24. The highest BCUT2D eigenvalue weighted by Crippen LogP contribution is 2.31. The number of thiazole rings is 1. The van der Waals surface area contributed by atoms with Crippen LogP contribution in [0.3, 0.4) is 0 Å². The molecule has 0 spiro atoms. The Bertz CT molecular complexity index is 637. The maximum absolute atomic E-state index is 12.1. The summed E-state index contributed by atoms with van der Waals surface area (Å²) in [5.41, 5.74) is 0.513. The van der Waals surface area contributed by atoms with Gasteiger partial charge in [0.25, 0.3) is 5.91 Å². The third-order valence-electron chi connectivity index (χ3n) is 2.92. The normalized spacial score (nSPS) is 11.2. The van der Waals surface area contributed by atoms with Crippen LogP contribution in [0, 0.1) is 0 Å². The molecule has 2 N–H and O–H groups in total. The second-order valence-electron chi connectivity index (χ2n) is 5.23. The van der Waals surface area contributed by atoms with Crippen molar-refractivity contribution in [3.63, 3.8) is 0 Å². The molecule has 6 heteroatoms. The zero-order valence-corrected chi connectivity index (χ0v) is 13.0. The molecule has 0 aliphatic carbocycles. The minimum absolute atomic E-state index is 0.137. The molecule has 0 saturated carbocycles. The number of hydrogen-bond donors (Lipinski definition) is 2. The molecule has 5 nitrogen and oxygen atoms in total. The minimum Gasteiger partial charge on any atom is -0.496 e. The summed E-state index contributed by atoms with van der Waals surface area (Å²) in [5, 5.41) is 14.4. The lowest BCUT2D eigenvalue weighted by Crippen LogP contribution is -2.46. The standard InChI is InChI=1S/C15H18N2O3S/c1-15(2,9-18)17-13(19)11-8-21-14(16-11)10-6-4-5-7-12(10)20-3/h4-8,18H,9H2,1-3H3,(H,17,19). The highest BCUT2D eigenvalue weighted by atomic mass is 32.1. The van der Waals surface area contributed by atoms with E-state index in [1.807, 2.05) is 24.3 Å². The predicted octanol–water partition coefficient (Wildman–Crippen LogP) is 2.32. The topological polar surface area (TPSA) is 71.5 Å². The second-order valence-corrected chi connectivity index (χ2v) is 6.09. The number of nitrogens with one attached hydrogen (secondary N) is 1. The third-order valence-corrected chi connectivity index (χ3v) is 3.80. The van der Waals surface area contributed by atoms with Gasteiger partial charge in [-0.3, -0.25) is 4.79 Å². The zero-order chi connectivity index (χ0) is 15.5. The zero-order valence-electron chi connectivity index (χ0n) is 12.2. The number of methoxy groups -OCH3 is 1. The Labute approximate surface area is 127 Å². The monoisotopic (exact) mass is 306 g/mol. The van der Waals surface area contributed by atoms with Gasteiger partial charge in [0, 0.05) is 5.38 Å². The van der Waals surface area contributed by atoms with Crippen molar-refractivity contribution in [1.29, 1.82) is 0 Å². The number of hydrogen-bond acceptors (Lipinski definition) is 5. The fourth-order valence-electron chi connectivity index (χ4n) is 1.73. The molecule has 0 aliphatic rings. The SMILES string of the molecule is COc1ccccc1-c1nc(C(=O)NC(C)(C)CO)cs1. The number of carbonyl (C=O) groups excluding carboxylic acids is 1. The van der Waals surface area contributed by atoms with Gasteiger partial charge in [-0.25, -0.2) is 4.98 Å². The molecule has 0 atom stereocenters. The van der Waals surface area contributed by atoms with Crippen molar-refractivity contribution >= 4 is 17.2 Å². The molecule has 0 unspecified atom stereocenters. The largest absolute Gasteiger partial charge is 0.496 e. The van der Waals surface area contributed by atoms with Crippen molar-refractivity contribution in [3.8, 4) is 16.3 Å². The van der Waals surface area contributed by atoms with Crippen molar-refractivity contribution in [2.75, 3.05) is 13.7 Å². The Morgan fingerprint density at radius 1 is 1.43 bits per heavy atom. The fourth-order valence-corrected chi connectivity index (χ4v) is 2.56. The predicted molar refractivity (Wildman–Crippen MR) is 82.7 cm³/mol. The van der Waals surface area contributed by atoms with Crippen LogP contribution in [0.4, 0.5) is 0 Å². The maximum Gasteiger partial charge on any atom is 0.271 e. The summed E-state index contributed by atoms with van der Waals surface area (Å²) in [7, 11) is 1.60. The molecular formula is C15H18N2O3S. The number of aliphatic hydroxyl groups excluding tert-OH is 1. The maximum atomic E-state index is 12.1. The van der Waals surface area contributed by atoms with Crippen molar-refractivity contribution in [3.05, 3.63) is 35.3 Å². The number of amides is 1. The summed E-state index contributed by atoms with van der Waals surface area (Å²) in [6, 6.07) is 7.53. The first kappa shape index (κ1) is 15.5. The molecule has 0 aliphatic heterocycles. The average molecular weight is 306 g/mol. The smallest absolute Gasteiger partial charge is 0.271 e. The molecule has 21 heavy (non-hydrogen) atoms. The first-order valence-corrected chi connectivity index (χ1v) is 7.37. The Hall–Kier alpha value is -1.92. The Morgan fingerprint density at radius 2 is 2.14 bits per heavy atom. The van der Waals surface area contributed by atoms with Crippen LogP contribution in [0.5, 0.6) is 5.75 Å². The number of nitrogens with zero attached hydrogens (tertiary/aromatic N) is 1. The van der Waals surface area contributed by atoms with Crippen LogP contribution in [0.2, 0.25) is 0 Å². The molecule has 0 saturated heterocycles. The molecule has 1 heterocycles. The lowest BCUT2D eigenvalue weighted by molar-refractivity contribution is 0.0865. The molecule has 0 bridgehead atoms. The summed E-state index contributed by atoms with van der Waals surface area (Å²) in [4.78, 5) is 16.5. The third kappa shape index (κ3) is 3.59. The molecule has 1 aromatic heterocycles. The number of carbonyl (C=O) groups is 1. The number of ether oxygens (including phenoxy) is 1. The van der Waals surface area contributed by atoms with E-state index in [2.05, 4.69) is 10.3 Å². The lowest BCUT2D eigenvalue weighted by atomic mass is 10.1. The molecule has 112 valence electrons. The van der Waals surface area contributed by atoms with E-state index >= 15 is 0 Å². The van der Waals surface area contributed by atoms with Gasteiger partial charge in [-0.1, -0.05) is 12.1 Å². The number of para-hydroxylation sites is 1. The Balaban J connectivity index is 2.24. The highest BCUT2D eigenvalue weighted by molar-refractivity contribution is 7.13. The van der Waals surface area contributed by atoms with Crippen molar-refractivity contribution < 1.29 is 14.6 Å². The van der Waals surface area contributed by atoms with Crippen molar-refractivity contribution in [2.24, 2.45) is 0 Å². The van der Waals surface area contributed by atoms with Gasteiger partial charge in [0.15, 0.2) is 0 Å². The van der Waals surface area contributed by atoms with Crippen LogP contribution in [-0.4, -0.2) is 35.3 Å². The van der Waals surface area contributed by atoms with E-state index in [0.717, 1.165) is 16.3 Å². The van der Waals surface area contributed by atoms with Crippen LogP contribution >= 0.6 is 11.3 Å². The number of benzene rings is 1. The number of aliphatic hydroxyl groups is 1. The summed E-state index contributed by atoms with van der Waals surface area (Å²) < 4.78 is 5.30. The molecule has 0 fully saturated rings. The van der Waals surface area contributed by atoms with Gasteiger partial charge in [0.1, 0.15) is 16.5 Å². The first-order chi connectivity index (χ1) is 9.96. The van der Waals surface area contributed by atoms with Crippen LogP contribution in [-0.2, 0) is 0 Å². The van der Waals surface area contributed by atoms with Crippen LogP contribution in [0.1, 0.15) is 24.3 Å². The summed E-state index contributed by atoms with van der Waals surface area (Å²) >= 11 is 1.38. The van der Waals surface area contributed by atoms with Gasteiger partial charge >= 0.3 is 0 Å². The first-order valence-electron chi connectivity index (χ1n) is 6.49. The quantitative estimate of drug-likeness (QED) is 0.889. The lowest BCUT2D eigenvalue weighted by Gasteiger charge is -2.22. The molecular weight excluding hydrogens is 288 g/mol. The Kier molecular flexibility index (Phi) is 4.59. The minimum atomic E-state index is -0.675. The van der Waals surface area contributed by atoms with Gasteiger partial charge in [-0.15, -0.1) is 11.3 Å². The Morgan fingerprint density at radius 3 is 2.81 bits per heavy atom. The van der Waals surface area contributed by atoms with E-state index in [0.29, 0.717) is 5.69 Å². The molecule has 1 amide bonds. The van der Waals surface area contributed by atoms with Crippen molar-refractivity contribution in [1.82, 2.24) is 10.3 Å². The molecule has 2 aromatic rings. The van der Waals surface area contributed by atoms with E-state index in [-0.39, 0.29) is 12.5 Å². The number of aromatic nitrogens is 1. The van der Waals surface area contributed by atoms with Crippen molar-refractivity contribution in [2.45, 2.75) is 19.4 Å². The summed E-state index contributed by atoms with van der Waals surface area (Å²) in [5.74, 6) is 0.418. The highest BCUT2D eigenvalue weighted by Gasteiger charge is 2.22. The summed E-state index contributed by atoms with van der Waals surface area (Å²) in [6.07, 6.45) is 0. The van der Waals surface area contributed by atoms with Crippen LogP contribution < -0.4 is 10.1 Å². The van der Waals surface area contributed by atoms with Gasteiger partial charge < -0.3 is 15.2 Å². The van der Waals surface area contributed by atoms with Gasteiger partial charge in [-0.05, 0) is 26.0 Å². The van der Waals surface area contributed by atoms with Crippen LogP contribution in [0.15, 0.2) is 29.6 Å². The van der Waals surface area contributed by atoms with E-state index in [9.17, 15) is 9.90 Å². The van der Waals surface area contributed by atoms with E-state index in [1.54, 1.807) is 26.3 Å². The van der Waals surface area contributed by atoms with Gasteiger partial charge in [0.05, 0.1) is 24.8 Å². The van der Waals surface area contributed by atoms with Gasteiger partial charge in [0.2, 0.25) is 0 Å². The van der Waals surface area contributed by atoms with Crippen LogP contribution in [0.25, 0.3) is 10.6 Å². The number of rotatable bonds is 5. The van der Waals surface area contributed by atoms with E-state index < -0.39 is 5.54 Å². The molecule has 0 radical (unpaired) electrons. The van der Waals surface area contributed by atoms with E-state index in [1.165, 1.54) is 11.3 Å².